The van der Waals surface area contributed by atoms with Gasteiger partial charge in [0.2, 0.25) is 0 Å². The van der Waals surface area contributed by atoms with Gasteiger partial charge < -0.3 is 16.4 Å². The van der Waals surface area contributed by atoms with Crippen LogP contribution in [0.15, 0.2) is 0 Å². The molecule has 0 radical (unpaired) electrons. The minimum atomic E-state index is -0.426. The topological polar surface area (TPSA) is 67.2 Å². The van der Waals surface area contributed by atoms with Crippen molar-refractivity contribution in [2.75, 3.05) is 13.6 Å². The maximum atomic E-state index is 10.8. The molecule has 4 N–H and O–H groups in total. The Kier molecular flexibility index (Phi) is 9.74. The molecule has 4 nitrogen and oxygen atoms in total. The van der Waals surface area contributed by atoms with Crippen molar-refractivity contribution in [2.45, 2.75) is 58.9 Å². The van der Waals surface area contributed by atoms with Gasteiger partial charge in [-0.1, -0.05) is 46.5 Å². The molecule has 108 valence electrons. The molecule has 0 heterocycles. The van der Waals surface area contributed by atoms with E-state index < -0.39 is 6.03 Å². The van der Waals surface area contributed by atoms with Crippen LogP contribution in [0.25, 0.3) is 0 Å². The summed E-state index contributed by atoms with van der Waals surface area (Å²) in [7, 11) is 2.02. The van der Waals surface area contributed by atoms with Gasteiger partial charge >= 0.3 is 6.03 Å². The highest BCUT2D eigenvalue weighted by Gasteiger charge is 2.25. The molecule has 3 unspecified atom stereocenters. The number of nitrogens with two attached hydrogens (primary N) is 1. The van der Waals surface area contributed by atoms with Crippen LogP contribution in [-0.2, 0) is 0 Å². The van der Waals surface area contributed by atoms with Crippen molar-refractivity contribution in [1.82, 2.24) is 10.6 Å². The van der Waals surface area contributed by atoms with Crippen LogP contribution in [0.2, 0.25) is 0 Å². The fourth-order valence-corrected chi connectivity index (χ4v) is 2.72. The highest BCUT2D eigenvalue weighted by Crippen LogP contribution is 2.23. The van der Waals surface area contributed by atoms with Gasteiger partial charge in [0.1, 0.15) is 0 Å². The van der Waals surface area contributed by atoms with Crippen LogP contribution in [-0.4, -0.2) is 25.7 Å². The number of hydrogen-bond acceptors (Lipinski definition) is 2. The smallest absolute Gasteiger partial charge is 0.312 e. The summed E-state index contributed by atoms with van der Waals surface area (Å²) >= 11 is 0. The number of unbranched alkanes of at least 4 members (excludes halogenated alkanes) is 1. The van der Waals surface area contributed by atoms with Gasteiger partial charge in [0.05, 0.1) is 0 Å². The Bertz CT molecular complexity index is 221. The highest BCUT2D eigenvalue weighted by molar-refractivity contribution is 5.71. The number of carbonyl (C=O) groups is 1. The monoisotopic (exact) mass is 257 g/mol. The Labute approximate surface area is 112 Å². The van der Waals surface area contributed by atoms with E-state index in [9.17, 15) is 4.79 Å². The van der Waals surface area contributed by atoms with E-state index in [1.165, 1.54) is 25.7 Å². The maximum absolute atomic E-state index is 10.8. The van der Waals surface area contributed by atoms with Crippen LogP contribution in [0.4, 0.5) is 4.79 Å². The molecule has 0 aliphatic rings. The van der Waals surface area contributed by atoms with E-state index in [4.69, 9.17) is 5.73 Å². The molecule has 3 atom stereocenters. The lowest BCUT2D eigenvalue weighted by Crippen LogP contribution is -2.46. The quantitative estimate of drug-likeness (QED) is 0.563. The SMILES string of the molecule is CCCCC(CC)C(NC)C(CC)CNC(N)=O. The molecule has 0 saturated carbocycles. The predicted molar refractivity (Wildman–Crippen MR) is 77.5 cm³/mol. The number of carbonyl (C=O) groups excluding carboxylic acids is 1. The molecule has 0 aliphatic carbocycles. The Morgan fingerprint density at radius 2 is 1.78 bits per heavy atom. The first-order valence-corrected chi connectivity index (χ1v) is 7.31. The van der Waals surface area contributed by atoms with Gasteiger partial charge in [0.15, 0.2) is 0 Å². The zero-order chi connectivity index (χ0) is 14.0. The molecule has 0 aromatic heterocycles. The molecule has 0 aromatic carbocycles. The van der Waals surface area contributed by atoms with Crippen LogP contribution in [0.3, 0.4) is 0 Å². The predicted octanol–water partition coefficient (Wildman–Crippen LogP) is 2.49. The van der Waals surface area contributed by atoms with Crippen molar-refractivity contribution in [3.8, 4) is 0 Å². The van der Waals surface area contributed by atoms with Crippen molar-refractivity contribution in [2.24, 2.45) is 17.6 Å². The van der Waals surface area contributed by atoms with E-state index in [2.05, 4.69) is 31.4 Å². The van der Waals surface area contributed by atoms with Crippen LogP contribution in [0.5, 0.6) is 0 Å². The molecule has 0 bridgehead atoms. The fourth-order valence-electron chi connectivity index (χ4n) is 2.72. The van der Waals surface area contributed by atoms with Crippen molar-refractivity contribution in [1.29, 1.82) is 0 Å². The zero-order valence-electron chi connectivity index (χ0n) is 12.5. The number of nitrogens with one attached hydrogen (secondary N) is 2. The summed E-state index contributed by atoms with van der Waals surface area (Å²) in [5, 5.41) is 6.19. The zero-order valence-corrected chi connectivity index (χ0v) is 12.5. The third-order valence-corrected chi connectivity index (χ3v) is 3.86. The largest absolute Gasteiger partial charge is 0.352 e. The van der Waals surface area contributed by atoms with E-state index in [1.54, 1.807) is 0 Å². The van der Waals surface area contributed by atoms with Gasteiger partial charge in [-0.3, -0.25) is 0 Å². The highest BCUT2D eigenvalue weighted by atomic mass is 16.2. The molecular formula is C14H31N3O. The summed E-state index contributed by atoms with van der Waals surface area (Å²) in [6.07, 6.45) is 6.00. The number of amides is 2. The molecule has 0 rings (SSSR count). The van der Waals surface area contributed by atoms with E-state index in [0.29, 0.717) is 24.4 Å². The van der Waals surface area contributed by atoms with E-state index >= 15 is 0 Å². The minimum absolute atomic E-state index is 0.426. The molecule has 4 heteroatoms. The average molecular weight is 257 g/mol. The summed E-state index contributed by atoms with van der Waals surface area (Å²) in [5.41, 5.74) is 5.16. The molecule has 0 spiro atoms. The third kappa shape index (κ3) is 6.24. The first-order valence-electron chi connectivity index (χ1n) is 7.31. The number of hydrogen-bond donors (Lipinski definition) is 3. The van der Waals surface area contributed by atoms with E-state index in [0.717, 1.165) is 6.42 Å². The lowest BCUT2D eigenvalue weighted by molar-refractivity contribution is 0.225. The van der Waals surface area contributed by atoms with Crippen molar-refractivity contribution in [3.05, 3.63) is 0 Å². The number of rotatable bonds is 10. The Morgan fingerprint density at radius 3 is 2.17 bits per heavy atom. The molecule has 0 fully saturated rings. The lowest BCUT2D eigenvalue weighted by Gasteiger charge is -2.33. The van der Waals surface area contributed by atoms with Gasteiger partial charge in [0, 0.05) is 12.6 Å². The second-order valence-corrected chi connectivity index (χ2v) is 5.04. The molecular weight excluding hydrogens is 226 g/mol. The van der Waals surface area contributed by atoms with Crippen molar-refractivity contribution >= 4 is 6.03 Å². The van der Waals surface area contributed by atoms with Crippen LogP contribution >= 0.6 is 0 Å². The first kappa shape index (κ1) is 17.2. The van der Waals surface area contributed by atoms with Gasteiger partial charge in [-0.2, -0.15) is 0 Å². The van der Waals surface area contributed by atoms with E-state index in [-0.39, 0.29) is 0 Å². The number of urea groups is 1. The van der Waals surface area contributed by atoms with Gasteiger partial charge in [-0.15, -0.1) is 0 Å². The Morgan fingerprint density at radius 1 is 1.17 bits per heavy atom. The fraction of sp³-hybridized carbons (Fsp3) is 0.929. The minimum Gasteiger partial charge on any atom is -0.352 e. The second-order valence-electron chi connectivity index (χ2n) is 5.04. The summed E-state index contributed by atoms with van der Waals surface area (Å²) in [4.78, 5) is 10.8. The van der Waals surface area contributed by atoms with E-state index in [1.807, 2.05) is 7.05 Å². The molecule has 2 amide bonds. The van der Waals surface area contributed by atoms with Gasteiger partial charge in [-0.05, 0) is 25.3 Å². The average Bonchev–Trinajstić information content (AvgIpc) is 2.36. The van der Waals surface area contributed by atoms with Crippen molar-refractivity contribution < 1.29 is 4.79 Å². The molecule has 0 aliphatic heterocycles. The standard InChI is InChI=1S/C14H31N3O/c1-5-8-9-11(6-2)13(16-4)12(7-3)10-17-14(15)18/h11-13,16H,5-10H2,1-4H3,(H3,15,17,18). The number of primary amides is 1. The van der Waals surface area contributed by atoms with Crippen LogP contribution in [0.1, 0.15) is 52.9 Å². The first-order chi connectivity index (χ1) is 8.60. The molecule has 0 saturated heterocycles. The lowest BCUT2D eigenvalue weighted by atomic mass is 9.82. The summed E-state index contributed by atoms with van der Waals surface area (Å²) in [5.74, 6) is 1.12. The Balaban J connectivity index is 4.49. The normalized spacial score (nSPS) is 16.0. The van der Waals surface area contributed by atoms with Gasteiger partial charge in [-0.25, -0.2) is 4.79 Å². The second kappa shape index (κ2) is 10.2. The molecule has 0 aromatic rings. The maximum Gasteiger partial charge on any atom is 0.312 e. The summed E-state index contributed by atoms with van der Waals surface area (Å²) < 4.78 is 0. The van der Waals surface area contributed by atoms with Crippen LogP contribution in [0, 0.1) is 11.8 Å². The summed E-state index contributed by atoms with van der Waals surface area (Å²) in [6, 6.07) is 0.0308. The molecule has 18 heavy (non-hydrogen) atoms. The third-order valence-electron chi connectivity index (χ3n) is 3.86. The summed E-state index contributed by atoms with van der Waals surface area (Å²) in [6.45, 7) is 7.32. The van der Waals surface area contributed by atoms with Gasteiger partial charge in [0.25, 0.3) is 0 Å². The Hall–Kier alpha value is -0.770. The van der Waals surface area contributed by atoms with Crippen molar-refractivity contribution in [3.63, 3.8) is 0 Å². The van der Waals surface area contributed by atoms with Crippen LogP contribution < -0.4 is 16.4 Å².